The van der Waals surface area contributed by atoms with Crippen LogP contribution in [0.5, 0.6) is 0 Å². The molecule has 6 heteroatoms. The average molecular weight is 272 g/mol. The zero-order chi connectivity index (χ0) is 13.1. The summed E-state index contributed by atoms with van der Waals surface area (Å²) in [5, 5.41) is 10.1. The van der Waals surface area contributed by atoms with Crippen molar-refractivity contribution in [2.45, 2.75) is 0 Å². The van der Waals surface area contributed by atoms with Crippen LogP contribution in [0.4, 0.5) is 11.5 Å². The number of aromatic amines is 1. The van der Waals surface area contributed by atoms with Crippen molar-refractivity contribution < 1.29 is 0 Å². The Hall–Kier alpha value is -2.40. The molecular weight excluding hydrogens is 262 g/mol. The van der Waals surface area contributed by atoms with Crippen LogP contribution in [-0.4, -0.2) is 20.2 Å². The molecule has 3 aromatic rings. The molecule has 0 saturated carbocycles. The highest BCUT2D eigenvalue weighted by Gasteiger charge is 2.00. The molecule has 0 spiro atoms. The van der Waals surface area contributed by atoms with Gasteiger partial charge in [0.25, 0.3) is 0 Å². The lowest BCUT2D eigenvalue weighted by Gasteiger charge is -2.06. The minimum atomic E-state index is 0.222. The fraction of sp³-hybridized carbons (Fsp3) is 0. The predicted molar refractivity (Wildman–Crippen MR) is 74.3 cm³/mol. The molecule has 3 rings (SSSR count). The van der Waals surface area contributed by atoms with Crippen molar-refractivity contribution in [1.29, 1.82) is 0 Å². The summed E-state index contributed by atoms with van der Waals surface area (Å²) >= 11 is 5.73. The number of nitrogens with one attached hydrogen (secondary N) is 2. The Labute approximate surface area is 114 Å². The zero-order valence-electron chi connectivity index (χ0n) is 9.84. The van der Waals surface area contributed by atoms with Gasteiger partial charge in [0.05, 0.1) is 6.20 Å². The number of benzene rings is 1. The smallest absolute Gasteiger partial charge is 0.224 e. The fourth-order valence-corrected chi connectivity index (χ4v) is 1.85. The Bertz CT molecular complexity index is 664. The van der Waals surface area contributed by atoms with Crippen LogP contribution in [0.2, 0.25) is 5.28 Å². The summed E-state index contributed by atoms with van der Waals surface area (Å²) in [4.78, 5) is 7.90. The molecule has 2 N–H and O–H groups in total. The Morgan fingerprint density at radius 2 is 1.89 bits per heavy atom. The van der Waals surface area contributed by atoms with Gasteiger partial charge < -0.3 is 5.32 Å². The summed E-state index contributed by atoms with van der Waals surface area (Å²) < 4.78 is 0. The highest BCUT2D eigenvalue weighted by atomic mass is 35.5. The van der Waals surface area contributed by atoms with Gasteiger partial charge in [-0.1, -0.05) is 12.1 Å². The first-order valence-electron chi connectivity index (χ1n) is 5.66. The molecule has 1 aromatic carbocycles. The van der Waals surface area contributed by atoms with E-state index in [4.69, 9.17) is 11.6 Å². The molecule has 0 atom stereocenters. The first-order valence-corrected chi connectivity index (χ1v) is 6.04. The summed E-state index contributed by atoms with van der Waals surface area (Å²) in [7, 11) is 0. The van der Waals surface area contributed by atoms with E-state index in [1.165, 1.54) is 0 Å². The second-order valence-electron chi connectivity index (χ2n) is 3.90. The minimum absolute atomic E-state index is 0.222. The van der Waals surface area contributed by atoms with Crippen LogP contribution in [0.1, 0.15) is 0 Å². The maximum atomic E-state index is 5.73. The maximum Gasteiger partial charge on any atom is 0.224 e. The monoisotopic (exact) mass is 271 g/mol. The first-order chi connectivity index (χ1) is 9.31. The van der Waals surface area contributed by atoms with E-state index in [0.717, 1.165) is 16.8 Å². The van der Waals surface area contributed by atoms with Crippen molar-refractivity contribution in [1.82, 2.24) is 20.2 Å². The van der Waals surface area contributed by atoms with Crippen LogP contribution in [0.25, 0.3) is 11.1 Å². The van der Waals surface area contributed by atoms with Gasteiger partial charge in [-0.3, -0.25) is 5.10 Å². The molecule has 0 radical (unpaired) electrons. The number of hydrogen-bond acceptors (Lipinski definition) is 4. The molecule has 2 aromatic heterocycles. The number of halogens is 1. The van der Waals surface area contributed by atoms with Gasteiger partial charge in [-0.15, -0.1) is 0 Å². The molecule has 0 unspecified atom stereocenters. The summed E-state index contributed by atoms with van der Waals surface area (Å²) in [6, 6.07) is 9.72. The summed E-state index contributed by atoms with van der Waals surface area (Å²) in [5.74, 6) is 0.663. The average Bonchev–Trinajstić information content (AvgIpc) is 2.94. The molecule has 0 fully saturated rings. The number of aromatic nitrogens is 4. The van der Waals surface area contributed by atoms with E-state index in [1.807, 2.05) is 30.5 Å². The fourth-order valence-electron chi connectivity index (χ4n) is 1.71. The highest BCUT2D eigenvalue weighted by molar-refractivity contribution is 6.28. The Morgan fingerprint density at radius 3 is 2.58 bits per heavy atom. The molecule has 19 heavy (non-hydrogen) atoms. The Balaban J connectivity index is 1.80. The summed E-state index contributed by atoms with van der Waals surface area (Å²) in [6.45, 7) is 0. The lowest BCUT2D eigenvalue weighted by Crippen LogP contribution is -1.94. The third kappa shape index (κ3) is 2.71. The van der Waals surface area contributed by atoms with Crippen LogP contribution in [0, 0.1) is 0 Å². The topological polar surface area (TPSA) is 66.5 Å². The van der Waals surface area contributed by atoms with Gasteiger partial charge in [0.1, 0.15) is 5.82 Å². The van der Waals surface area contributed by atoms with Crippen LogP contribution in [0.3, 0.4) is 0 Å². The van der Waals surface area contributed by atoms with Gasteiger partial charge in [-0.05, 0) is 35.4 Å². The van der Waals surface area contributed by atoms with Crippen LogP contribution >= 0.6 is 11.6 Å². The van der Waals surface area contributed by atoms with Crippen molar-refractivity contribution in [3.05, 3.63) is 54.2 Å². The maximum absolute atomic E-state index is 5.73. The molecule has 0 saturated heterocycles. The number of H-pyrrole nitrogens is 1. The van der Waals surface area contributed by atoms with Crippen molar-refractivity contribution in [3.8, 4) is 11.1 Å². The van der Waals surface area contributed by atoms with E-state index in [1.54, 1.807) is 18.5 Å². The van der Waals surface area contributed by atoms with Crippen LogP contribution in [-0.2, 0) is 0 Å². The normalized spacial score (nSPS) is 10.4. The molecule has 94 valence electrons. The largest absolute Gasteiger partial charge is 0.340 e. The van der Waals surface area contributed by atoms with E-state index in [9.17, 15) is 0 Å². The molecule has 0 aliphatic rings. The third-order valence-electron chi connectivity index (χ3n) is 2.62. The lowest BCUT2D eigenvalue weighted by atomic mass is 10.1. The molecular formula is C13H10ClN5. The summed E-state index contributed by atoms with van der Waals surface area (Å²) in [5.41, 5.74) is 3.08. The highest BCUT2D eigenvalue weighted by Crippen LogP contribution is 2.21. The second-order valence-corrected chi connectivity index (χ2v) is 4.24. The quantitative estimate of drug-likeness (QED) is 0.718. The number of rotatable bonds is 3. The van der Waals surface area contributed by atoms with Crippen LogP contribution in [0.15, 0.2) is 48.9 Å². The van der Waals surface area contributed by atoms with Crippen molar-refractivity contribution in [2.75, 3.05) is 5.32 Å². The molecule has 0 amide bonds. The predicted octanol–water partition coefficient (Wildman–Crippen LogP) is 3.26. The van der Waals surface area contributed by atoms with E-state index in [0.29, 0.717) is 5.82 Å². The zero-order valence-corrected chi connectivity index (χ0v) is 10.6. The summed E-state index contributed by atoms with van der Waals surface area (Å²) in [6.07, 6.45) is 5.25. The van der Waals surface area contributed by atoms with E-state index in [2.05, 4.69) is 25.5 Å². The third-order valence-corrected chi connectivity index (χ3v) is 2.80. The van der Waals surface area contributed by atoms with Crippen molar-refractivity contribution in [2.24, 2.45) is 0 Å². The second kappa shape index (κ2) is 5.07. The van der Waals surface area contributed by atoms with Gasteiger partial charge >= 0.3 is 0 Å². The molecule has 2 heterocycles. The van der Waals surface area contributed by atoms with Gasteiger partial charge in [0, 0.05) is 23.6 Å². The molecule has 0 aliphatic carbocycles. The molecule has 0 bridgehead atoms. The number of hydrogen-bond donors (Lipinski definition) is 2. The van der Waals surface area contributed by atoms with Crippen LogP contribution < -0.4 is 5.32 Å². The molecule has 5 nitrogen and oxygen atoms in total. The Morgan fingerprint density at radius 1 is 1.05 bits per heavy atom. The number of anilines is 2. The number of nitrogens with zero attached hydrogens (tertiary/aromatic N) is 3. The minimum Gasteiger partial charge on any atom is -0.340 e. The van der Waals surface area contributed by atoms with Gasteiger partial charge in [0.2, 0.25) is 5.28 Å². The lowest BCUT2D eigenvalue weighted by molar-refractivity contribution is 1.09. The molecule has 0 aliphatic heterocycles. The van der Waals surface area contributed by atoms with Gasteiger partial charge in [-0.2, -0.15) is 5.10 Å². The van der Waals surface area contributed by atoms with Crippen molar-refractivity contribution >= 4 is 23.1 Å². The van der Waals surface area contributed by atoms with E-state index < -0.39 is 0 Å². The van der Waals surface area contributed by atoms with E-state index >= 15 is 0 Å². The standard InChI is InChI=1S/C13H10ClN5/c14-13-15-6-5-12(19-13)18-11-3-1-9(2-4-11)10-7-16-17-8-10/h1-8H,(H,16,17)(H,15,18,19). The van der Waals surface area contributed by atoms with Crippen molar-refractivity contribution in [3.63, 3.8) is 0 Å². The van der Waals surface area contributed by atoms with Gasteiger partial charge in [-0.25, -0.2) is 9.97 Å². The SMILES string of the molecule is Clc1nccc(Nc2ccc(-c3cn[nH]c3)cc2)n1. The van der Waals surface area contributed by atoms with E-state index in [-0.39, 0.29) is 5.28 Å². The first kappa shape index (κ1) is 11.7. The Kier molecular flexibility index (Phi) is 3.12. The van der Waals surface area contributed by atoms with Gasteiger partial charge in [0.15, 0.2) is 0 Å².